The van der Waals surface area contributed by atoms with Crippen molar-refractivity contribution < 1.29 is 9.53 Å². The molecule has 1 N–H and O–H groups in total. The van der Waals surface area contributed by atoms with Gasteiger partial charge >= 0.3 is 0 Å². The number of hydrogen-bond donors (Lipinski definition) is 1. The standard InChI is InChI=1S/C29H33N3O2/c1-21-9-8-10-24(19-21)29(33)30-16-15-28-31-26-11-4-5-12-27(26)32(28)17-6-7-18-34-25-14-13-22(2)23(3)20-25/h4-5,8-14,19-20H,6-7,15-18H2,1-3H3,(H,30,33). The highest BCUT2D eigenvalue weighted by atomic mass is 16.5. The number of aromatic nitrogens is 2. The van der Waals surface area contributed by atoms with E-state index in [2.05, 4.69) is 41.9 Å². The molecule has 5 nitrogen and oxygen atoms in total. The monoisotopic (exact) mass is 455 g/mol. The van der Waals surface area contributed by atoms with E-state index in [0.717, 1.165) is 47.6 Å². The van der Waals surface area contributed by atoms with Crippen LogP contribution >= 0.6 is 0 Å². The molecule has 4 rings (SSSR count). The van der Waals surface area contributed by atoms with Gasteiger partial charge in [0, 0.05) is 25.1 Å². The predicted octanol–water partition coefficient (Wildman–Crippen LogP) is 5.79. The highest BCUT2D eigenvalue weighted by Gasteiger charge is 2.11. The number of carbonyl (C=O) groups is 1. The molecule has 0 atom stereocenters. The summed E-state index contributed by atoms with van der Waals surface area (Å²) in [5.74, 6) is 1.89. The van der Waals surface area contributed by atoms with Crippen LogP contribution in [-0.4, -0.2) is 28.6 Å². The van der Waals surface area contributed by atoms with Crippen LogP contribution in [0.3, 0.4) is 0 Å². The Balaban J connectivity index is 1.33. The molecule has 0 aliphatic heterocycles. The zero-order valence-electron chi connectivity index (χ0n) is 20.3. The van der Waals surface area contributed by atoms with Crippen LogP contribution in [0, 0.1) is 20.8 Å². The lowest BCUT2D eigenvalue weighted by atomic mass is 10.1. The lowest BCUT2D eigenvalue weighted by molar-refractivity contribution is 0.0954. The van der Waals surface area contributed by atoms with Crippen LogP contribution in [0.4, 0.5) is 0 Å². The zero-order valence-corrected chi connectivity index (χ0v) is 20.3. The SMILES string of the molecule is Cc1cccc(C(=O)NCCc2nc3ccccc3n2CCCCOc2ccc(C)c(C)c2)c1. The molecule has 0 unspecified atom stereocenters. The maximum atomic E-state index is 12.5. The first-order valence-electron chi connectivity index (χ1n) is 12.0. The fourth-order valence-electron chi connectivity index (χ4n) is 4.11. The van der Waals surface area contributed by atoms with Gasteiger partial charge in [-0.3, -0.25) is 4.79 Å². The van der Waals surface area contributed by atoms with E-state index in [1.54, 1.807) is 0 Å². The van der Waals surface area contributed by atoms with E-state index in [0.29, 0.717) is 25.1 Å². The minimum absolute atomic E-state index is 0.0464. The molecule has 0 saturated heterocycles. The molecule has 1 aromatic heterocycles. The first-order chi connectivity index (χ1) is 16.5. The number of carbonyl (C=O) groups excluding carboxylic acids is 1. The number of para-hydroxylation sites is 2. The summed E-state index contributed by atoms with van der Waals surface area (Å²) in [5.41, 5.74) is 6.43. The Morgan fingerprint density at radius 3 is 2.62 bits per heavy atom. The normalized spacial score (nSPS) is 11.0. The Bertz CT molecular complexity index is 1280. The molecule has 5 heteroatoms. The smallest absolute Gasteiger partial charge is 0.251 e. The highest BCUT2D eigenvalue weighted by molar-refractivity contribution is 5.94. The van der Waals surface area contributed by atoms with E-state index in [1.165, 1.54) is 11.1 Å². The molecule has 3 aromatic carbocycles. The van der Waals surface area contributed by atoms with Crippen LogP contribution in [0.15, 0.2) is 66.7 Å². The van der Waals surface area contributed by atoms with Crippen molar-refractivity contribution in [2.24, 2.45) is 0 Å². The third kappa shape index (κ3) is 5.84. The van der Waals surface area contributed by atoms with E-state index in [1.807, 2.05) is 55.5 Å². The van der Waals surface area contributed by atoms with E-state index in [4.69, 9.17) is 9.72 Å². The molecule has 0 fully saturated rings. The summed E-state index contributed by atoms with van der Waals surface area (Å²) >= 11 is 0. The Morgan fingerprint density at radius 2 is 1.79 bits per heavy atom. The third-order valence-corrected chi connectivity index (χ3v) is 6.17. The molecule has 0 bridgehead atoms. The van der Waals surface area contributed by atoms with Gasteiger partial charge in [0.2, 0.25) is 0 Å². The Hall–Kier alpha value is -3.60. The fourth-order valence-corrected chi connectivity index (χ4v) is 4.11. The van der Waals surface area contributed by atoms with Crippen molar-refractivity contribution in [1.29, 1.82) is 0 Å². The van der Waals surface area contributed by atoms with Crippen molar-refractivity contribution in [2.75, 3.05) is 13.2 Å². The summed E-state index contributed by atoms with van der Waals surface area (Å²) in [7, 11) is 0. The molecule has 0 aliphatic carbocycles. The lowest BCUT2D eigenvalue weighted by Gasteiger charge is -2.11. The molecule has 176 valence electrons. The summed E-state index contributed by atoms with van der Waals surface area (Å²) in [6.45, 7) is 8.32. The summed E-state index contributed by atoms with van der Waals surface area (Å²) < 4.78 is 8.23. The van der Waals surface area contributed by atoms with Gasteiger partial charge in [-0.15, -0.1) is 0 Å². The third-order valence-electron chi connectivity index (χ3n) is 6.17. The van der Waals surface area contributed by atoms with Gasteiger partial charge in [0.15, 0.2) is 0 Å². The summed E-state index contributed by atoms with van der Waals surface area (Å²) in [5, 5.41) is 3.04. The second-order valence-electron chi connectivity index (χ2n) is 8.85. The van der Waals surface area contributed by atoms with Gasteiger partial charge in [0.25, 0.3) is 5.91 Å². The summed E-state index contributed by atoms with van der Waals surface area (Å²) in [6, 6.07) is 22.1. The van der Waals surface area contributed by atoms with Gasteiger partial charge in [-0.2, -0.15) is 0 Å². The number of unbranched alkanes of at least 4 members (excludes halogenated alkanes) is 1. The molecular weight excluding hydrogens is 422 g/mol. The molecule has 1 heterocycles. The van der Waals surface area contributed by atoms with E-state index in [9.17, 15) is 4.79 Å². The zero-order chi connectivity index (χ0) is 23.9. The Morgan fingerprint density at radius 1 is 0.941 bits per heavy atom. The highest BCUT2D eigenvalue weighted by Crippen LogP contribution is 2.19. The van der Waals surface area contributed by atoms with Crippen LogP contribution < -0.4 is 10.1 Å². The summed E-state index contributed by atoms with van der Waals surface area (Å²) in [6.07, 6.45) is 2.64. The Kier molecular flexibility index (Phi) is 7.63. The quantitative estimate of drug-likeness (QED) is 0.308. The number of nitrogens with one attached hydrogen (secondary N) is 1. The fraction of sp³-hybridized carbons (Fsp3) is 0.310. The number of amides is 1. The van der Waals surface area contributed by atoms with Crippen LogP contribution in [0.1, 0.15) is 45.7 Å². The number of nitrogens with zero attached hydrogens (tertiary/aromatic N) is 2. The number of benzene rings is 3. The van der Waals surface area contributed by atoms with Gasteiger partial charge in [0.05, 0.1) is 17.6 Å². The maximum absolute atomic E-state index is 12.5. The van der Waals surface area contributed by atoms with Crippen LogP contribution in [0.25, 0.3) is 11.0 Å². The molecule has 0 aliphatic rings. The van der Waals surface area contributed by atoms with Crippen molar-refractivity contribution in [1.82, 2.24) is 14.9 Å². The number of hydrogen-bond acceptors (Lipinski definition) is 3. The molecular formula is C29H33N3O2. The summed E-state index contributed by atoms with van der Waals surface area (Å²) in [4.78, 5) is 17.3. The second-order valence-corrected chi connectivity index (χ2v) is 8.85. The average molecular weight is 456 g/mol. The maximum Gasteiger partial charge on any atom is 0.251 e. The molecule has 0 saturated carbocycles. The minimum atomic E-state index is -0.0464. The van der Waals surface area contributed by atoms with Crippen LogP contribution in [-0.2, 0) is 13.0 Å². The number of imidazole rings is 1. The molecule has 0 spiro atoms. The number of fused-ring (bicyclic) bond motifs is 1. The van der Waals surface area contributed by atoms with Gasteiger partial charge in [0.1, 0.15) is 11.6 Å². The van der Waals surface area contributed by atoms with Crippen molar-refractivity contribution in [3.05, 3.63) is 94.8 Å². The average Bonchev–Trinajstić information content (AvgIpc) is 3.18. The van der Waals surface area contributed by atoms with E-state index in [-0.39, 0.29) is 5.91 Å². The van der Waals surface area contributed by atoms with Crippen molar-refractivity contribution in [2.45, 2.75) is 46.6 Å². The van der Waals surface area contributed by atoms with Crippen molar-refractivity contribution in [3.63, 3.8) is 0 Å². The van der Waals surface area contributed by atoms with E-state index < -0.39 is 0 Å². The predicted molar refractivity (Wildman–Crippen MR) is 138 cm³/mol. The lowest BCUT2D eigenvalue weighted by Crippen LogP contribution is -2.26. The second kappa shape index (κ2) is 11.0. The first kappa shape index (κ1) is 23.6. The minimum Gasteiger partial charge on any atom is -0.494 e. The van der Waals surface area contributed by atoms with E-state index >= 15 is 0 Å². The topological polar surface area (TPSA) is 56.2 Å². The number of ether oxygens (including phenoxy) is 1. The number of rotatable bonds is 10. The van der Waals surface area contributed by atoms with Crippen LogP contribution in [0.2, 0.25) is 0 Å². The van der Waals surface area contributed by atoms with Crippen LogP contribution in [0.5, 0.6) is 5.75 Å². The van der Waals surface area contributed by atoms with Crippen molar-refractivity contribution in [3.8, 4) is 5.75 Å². The Labute approximate surface area is 201 Å². The van der Waals surface area contributed by atoms with Gasteiger partial charge in [-0.25, -0.2) is 4.98 Å². The molecule has 34 heavy (non-hydrogen) atoms. The molecule has 4 aromatic rings. The molecule has 1 amide bonds. The first-order valence-corrected chi connectivity index (χ1v) is 12.0. The molecule has 0 radical (unpaired) electrons. The van der Waals surface area contributed by atoms with Gasteiger partial charge in [-0.05, 0) is 81.1 Å². The van der Waals surface area contributed by atoms with Crippen molar-refractivity contribution >= 4 is 16.9 Å². The van der Waals surface area contributed by atoms with Gasteiger partial charge in [-0.1, -0.05) is 35.9 Å². The van der Waals surface area contributed by atoms with Gasteiger partial charge < -0.3 is 14.6 Å². The number of aryl methyl sites for hydroxylation is 4. The largest absolute Gasteiger partial charge is 0.494 e.